The van der Waals surface area contributed by atoms with Crippen molar-refractivity contribution in [1.29, 1.82) is 0 Å². The van der Waals surface area contributed by atoms with Crippen LogP contribution in [0.5, 0.6) is 0 Å². The summed E-state index contributed by atoms with van der Waals surface area (Å²) in [6.07, 6.45) is 8.90. The molecule has 0 aliphatic carbocycles. The lowest BCUT2D eigenvalue weighted by Crippen LogP contribution is -2.21. The molecular formula is C9H17NO. The summed E-state index contributed by atoms with van der Waals surface area (Å²) in [5.74, 6) is 2.59. The highest BCUT2D eigenvalue weighted by Gasteiger charge is 1.99. The molecule has 64 valence electrons. The summed E-state index contributed by atoms with van der Waals surface area (Å²) in [6, 6.07) is 0.253. The Bertz CT molecular complexity index is 117. The molecule has 0 rings (SSSR count). The average molecular weight is 155 g/mol. The predicted molar refractivity (Wildman–Crippen MR) is 47.2 cm³/mol. The topological polar surface area (TPSA) is 35.2 Å². The van der Waals surface area contributed by atoms with E-state index in [2.05, 4.69) is 5.92 Å². The summed E-state index contributed by atoms with van der Waals surface area (Å²) in [5.41, 5.74) is 5.75. The van der Waals surface area contributed by atoms with E-state index < -0.39 is 0 Å². The van der Waals surface area contributed by atoms with E-state index in [1.807, 2.05) is 0 Å². The molecule has 0 saturated carbocycles. The maximum atomic E-state index is 5.75. The largest absolute Gasteiger partial charge is 0.385 e. The van der Waals surface area contributed by atoms with Gasteiger partial charge in [0, 0.05) is 26.2 Å². The molecule has 0 aromatic heterocycles. The van der Waals surface area contributed by atoms with Crippen molar-refractivity contribution in [2.24, 2.45) is 5.73 Å². The maximum absolute atomic E-state index is 5.75. The fourth-order valence-electron chi connectivity index (χ4n) is 0.880. The molecular weight excluding hydrogens is 138 g/mol. The molecule has 0 fully saturated rings. The van der Waals surface area contributed by atoms with Crippen LogP contribution in [0.4, 0.5) is 0 Å². The van der Waals surface area contributed by atoms with Gasteiger partial charge in [-0.1, -0.05) is 0 Å². The number of rotatable bonds is 6. The number of hydrogen-bond donors (Lipinski definition) is 1. The molecule has 1 unspecified atom stereocenters. The number of nitrogens with two attached hydrogens (primary N) is 1. The predicted octanol–water partition coefficient (Wildman–Crippen LogP) is 1.15. The molecule has 2 nitrogen and oxygen atoms in total. The lowest BCUT2D eigenvalue weighted by molar-refractivity contribution is 0.186. The van der Waals surface area contributed by atoms with E-state index in [-0.39, 0.29) is 6.04 Å². The summed E-state index contributed by atoms with van der Waals surface area (Å²) in [7, 11) is 1.69. The molecule has 1 atom stereocenters. The van der Waals surface area contributed by atoms with E-state index in [1.54, 1.807) is 7.11 Å². The molecule has 0 aromatic rings. The van der Waals surface area contributed by atoms with Gasteiger partial charge in [0.2, 0.25) is 0 Å². The van der Waals surface area contributed by atoms with Crippen molar-refractivity contribution in [2.45, 2.75) is 31.7 Å². The monoisotopic (exact) mass is 155 g/mol. The van der Waals surface area contributed by atoms with E-state index in [9.17, 15) is 0 Å². The second-order valence-electron chi connectivity index (χ2n) is 2.64. The Balaban J connectivity index is 3.10. The third-order valence-electron chi connectivity index (χ3n) is 1.59. The van der Waals surface area contributed by atoms with Gasteiger partial charge in [-0.3, -0.25) is 0 Å². The van der Waals surface area contributed by atoms with Crippen molar-refractivity contribution in [3.05, 3.63) is 0 Å². The van der Waals surface area contributed by atoms with Crippen LogP contribution < -0.4 is 5.73 Å². The van der Waals surface area contributed by atoms with Crippen molar-refractivity contribution >= 4 is 0 Å². The summed E-state index contributed by atoms with van der Waals surface area (Å²) >= 11 is 0. The molecule has 11 heavy (non-hydrogen) atoms. The van der Waals surface area contributed by atoms with Crippen LogP contribution in [0.2, 0.25) is 0 Å². The summed E-state index contributed by atoms with van der Waals surface area (Å²) in [6.45, 7) is 0.747. The average Bonchev–Trinajstić information content (AvgIpc) is 2.01. The SMILES string of the molecule is C#CCCCC(N)CCOC. The van der Waals surface area contributed by atoms with Gasteiger partial charge in [-0.2, -0.15) is 0 Å². The fraction of sp³-hybridized carbons (Fsp3) is 0.778. The van der Waals surface area contributed by atoms with Gasteiger partial charge in [0.1, 0.15) is 0 Å². The van der Waals surface area contributed by atoms with Gasteiger partial charge >= 0.3 is 0 Å². The van der Waals surface area contributed by atoms with Crippen LogP contribution in [-0.2, 0) is 4.74 Å². The van der Waals surface area contributed by atoms with E-state index in [0.29, 0.717) is 0 Å². The van der Waals surface area contributed by atoms with Crippen LogP contribution in [0.3, 0.4) is 0 Å². The van der Waals surface area contributed by atoms with E-state index in [0.717, 1.165) is 32.3 Å². The Morgan fingerprint density at radius 2 is 2.27 bits per heavy atom. The molecule has 2 N–H and O–H groups in total. The Morgan fingerprint density at radius 1 is 1.55 bits per heavy atom. The Kier molecular flexibility index (Phi) is 7.23. The zero-order valence-corrected chi connectivity index (χ0v) is 7.18. The van der Waals surface area contributed by atoms with Gasteiger partial charge in [0.15, 0.2) is 0 Å². The van der Waals surface area contributed by atoms with Crippen LogP contribution in [0.15, 0.2) is 0 Å². The lowest BCUT2D eigenvalue weighted by atomic mass is 10.1. The van der Waals surface area contributed by atoms with E-state index in [1.165, 1.54) is 0 Å². The molecule has 0 heterocycles. The van der Waals surface area contributed by atoms with Gasteiger partial charge in [-0.25, -0.2) is 0 Å². The molecule has 0 spiro atoms. The van der Waals surface area contributed by atoms with Crippen molar-refractivity contribution in [3.8, 4) is 12.3 Å². The quantitative estimate of drug-likeness (QED) is 0.461. The van der Waals surface area contributed by atoms with Gasteiger partial charge in [0.25, 0.3) is 0 Å². The Morgan fingerprint density at radius 3 is 2.82 bits per heavy atom. The first kappa shape index (κ1) is 10.5. The highest BCUT2D eigenvalue weighted by molar-refractivity contribution is 4.83. The summed E-state index contributed by atoms with van der Waals surface area (Å²) in [5, 5.41) is 0. The minimum absolute atomic E-state index is 0.253. The van der Waals surface area contributed by atoms with Crippen molar-refractivity contribution < 1.29 is 4.74 Å². The van der Waals surface area contributed by atoms with Crippen molar-refractivity contribution in [1.82, 2.24) is 0 Å². The Labute approximate surface area is 69.1 Å². The Hall–Kier alpha value is -0.520. The first-order valence-electron chi connectivity index (χ1n) is 3.99. The maximum Gasteiger partial charge on any atom is 0.0477 e. The highest BCUT2D eigenvalue weighted by Crippen LogP contribution is 2.01. The number of terminal acetylenes is 1. The third-order valence-corrected chi connectivity index (χ3v) is 1.59. The van der Waals surface area contributed by atoms with Crippen LogP contribution in [0.1, 0.15) is 25.7 Å². The van der Waals surface area contributed by atoms with Crippen LogP contribution in [0, 0.1) is 12.3 Å². The van der Waals surface area contributed by atoms with Crippen LogP contribution in [-0.4, -0.2) is 19.8 Å². The molecule has 0 aliphatic rings. The van der Waals surface area contributed by atoms with Gasteiger partial charge in [-0.15, -0.1) is 12.3 Å². The smallest absolute Gasteiger partial charge is 0.0477 e. The minimum Gasteiger partial charge on any atom is -0.385 e. The first-order valence-corrected chi connectivity index (χ1v) is 3.99. The molecule has 0 aliphatic heterocycles. The minimum atomic E-state index is 0.253. The molecule has 2 heteroatoms. The molecule has 0 radical (unpaired) electrons. The standard InChI is InChI=1S/C9H17NO/c1-3-4-5-6-9(10)7-8-11-2/h1,9H,4-8,10H2,2H3. The second-order valence-corrected chi connectivity index (χ2v) is 2.64. The molecule has 0 saturated heterocycles. The van der Waals surface area contributed by atoms with Crippen molar-refractivity contribution in [2.75, 3.05) is 13.7 Å². The molecule has 0 amide bonds. The van der Waals surface area contributed by atoms with E-state index >= 15 is 0 Å². The second kappa shape index (κ2) is 7.59. The fourth-order valence-corrected chi connectivity index (χ4v) is 0.880. The number of unbranched alkanes of at least 4 members (excludes halogenated alkanes) is 1. The zero-order valence-electron chi connectivity index (χ0n) is 7.18. The lowest BCUT2D eigenvalue weighted by Gasteiger charge is -2.08. The number of hydrogen-bond acceptors (Lipinski definition) is 2. The van der Waals surface area contributed by atoms with Crippen molar-refractivity contribution in [3.63, 3.8) is 0 Å². The zero-order chi connectivity index (χ0) is 8.53. The molecule has 0 bridgehead atoms. The van der Waals surface area contributed by atoms with Crippen LogP contribution in [0.25, 0.3) is 0 Å². The van der Waals surface area contributed by atoms with Gasteiger partial charge in [0.05, 0.1) is 0 Å². The van der Waals surface area contributed by atoms with E-state index in [4.69, 9.17) is 16.9 Å². The summed E-state index contributed by atoms with van der Waals surface area (Å²) in [4.78, 5) is 0. The van der Waals surface area contributed by atoms with Gasteiger partial charge < -0.3 is 10.5 Å². The summed E-state index contributed by atoms with van der Waals surface area (Å²) < 4.78 is 4.90. The molecule has 0 aromatic carbocycles. The normalized spacial score (nSPS) is 12.5. The number of ether oxygens (including phenoxy) is 1. The first-order chi connectivity index (χ1) is 5.31. The van der Waals surface area contributed by atoms with Crippen LogP contribution >= 0.6 is 0 Å². The van der Waals surface area contributed by atoms with Gasteiger partial charge in [-0.05, 0) is 19.3 Å². The number of methoxy groups -OCH3 is 1. The third kappa shape index (κ3) is 7.38. The highest BCUT2D eigenvalue weighted by atomic mass is 16.5.